The van der Waals surface area contributed by atoms with Crippen molar-refractivity contribution in [2.75, 3.05) is 19.6 Å². The van der Waals surface area contributed by atoms with Gasteiger partial charge in [0.25, 0.3) is 0 Å². The summed E-state index contributed by atoms with van der Waals surface area (Å²) < 4.78 is 7.02. The number of rotatable bonds is 6. The van der Waals surface area contributed by atoms with Crippen molar-refractivity contribution in [2.45, 2.75) is 32.4 Å². The van der Waals surface area contributed by atoms with Crippen molar-refractivity contribution in [3.05, 3.63) is 46.6 Å². The molecule has 134 valence electrons. The van der Waals surface area contributed by atoms with Gasteiger partial charge in [-0.15, -0.1) is 24.8 Å². The summed E-state index contributed by atoms with van der Waals surface area (Å²) in [5.74, 6) is 1.93. The molecule has 6 heteroatoms. The molecule has 0 saturated carbocycles. The second-order valence-corrected chi connectivity index (χ2v) is 6.74. The standard InChI is InChI=1S/C18H23BrN2O.2ClH/c1-2-21-11-3-4-16(21)12-20-13-17-9-10-18(22-17)14-5-7-15(19)8-6-14;;/h5-10,16,20H,2-4,11-13H2,1H3;2*1H. The van der Waals surface area contributed by atoms with Gasteiger partial charge in [-0.1, -0.05) is 35.0 Å². The minimum atomic E-state index is 0. The van der Waals surface area contributed by atoms with Crippen LogP contribution in [-0.2, 0) is 6.54 Å². The van der Waals surface area contributed by atoms with E-state index in [2.05, 4.69) is 51.3 Å². The Balaban J connectivity index is 0.00000144. The number of hydrogen-bond acceptors (Lipinski definition) is 3. The second kappa shape index (κ2) is 10.5. The molecular weight excluding hydrogens is 411 g/mol. The third-order valence-corrected chi connectivity index (χ3v) is 4.90. The summed E-state index contributed by atoms with van der Waals surface area (Å²) in [6, 6.07) is 13.0. The van der Waals surface area contributed by atoms with E-state index in [1.54, 1.807) is 0 Å². The Bertz CT molecular complexity index is 603. The third kappa shape index (κ3) is 5.50. The monoisotopic (exact) mass is 434 g/mol. The Kier molecular flexibility index (Phi) is 9.39. The molecule has 1 unspecified atom stereocenters. The van der Waals surface area contributed by atoms with Crippen LogP contribution in [0.15, 0.2) is 45.3 Å². The van der Waals surface area contributed by atoms with E-state index < -0.39 is 0 Å². The van der Waals surface area contributed by atoms with Gasteiger partial charge < -0.3 is 9.73 Å². The van der Waals surface area contributed by atoms with E-state index >= 15 is 0 Å². The van der Waals surface area contributed by atoms with Gasteiger partial charge in [0.05, 0.1) is 6.54 Å². The van der Waals surface area contributed by atoms with Gasteiger partial charge in [0.1, 0.15) is 11.5 Å². The molecule has 1 saturated heterocycles. The minimum Gasteiger partial charge on any atom is -0.460 e. The van der Waals surface area contributed by atoms with Gasteiger partial charge in [-0.2, -0.15) is 0 Å². The average molecular weight is 436 g/mol. The Labute approximate surface area is 165 Å². The molecule has 3 rings (SSSR count). The van der Waals surface area contributed by atoms with Crippen molar-refractivity contribution in [3.63, 3.8) is 0 Å². The van der Waals surface area contributed by atoms with E-state index in [-0.39, 0.29) is 24.8 Å². The Morgan fingerprint density at radius 3 is 2.62 bits per heavy atom. The molecule has 1 atom stereocenters. The summed E-state index contributed by atoms with van der Waals surface area (Å²) in [5.41, 5.74) is 1.11. The van der Waals surface area contributed by atoms with Crippen LogP contribution in [-0.4, -0.2) is 30.6 Å². The highest BCUT2D eigenvalue weighted by Gasteiger charge is 2.22. The van der Waals surface area contributed by atoms with Gasteiger partial charge in [0.2, 0.25) is 0 Å². The van der Waals surface area contributed by atoms with E-state index in [4.69, 9.17) is 4.42 Å². The van der Waals surface area contributed by atoms with Crippen LogP contribution in [0.2, 0.25) is 0 Å². The zero-order valence-electron chi connectivity index (χ0n) is 13.8. The van der Waals surface area contributed by atoms with Crippen LogP contribution in [0.25, 0.3) is 11.3 Å². The molecule has 1 aromatic heterocycles. The van der Waals surface area contributed by atoms with Gasteiger partial charge >= 0.3 is 0 Å². The number of furan rings is 1. The van der Waals surface area contributed by atoms with Crippen LogP contribution in [0.4, 0.5) is 0 Å². The lowest BCUT2D eigenvalue weighted by Crippen LogP contribution is -2.37. The molecule has 24 heavy (non-hydrogen) atoms. The van der Waals surface area contributed by atoms with Crippen molar-refractivity contribution >= 4 is 40.7 Å². The van der Waals surface area contributed by atoms with E-state index in [0.29, 0.717) is 6.04 Å². The summed E-state index contributed by atoms with van der Waals surface area (Å²) in [6.07, 6.45) is 2.64. The van der Waals surface area contributed by atoms with Crippen LogP contribution in [0.3, 0.4) is 0 Å². The molecule has 1 aliphatic rings. The van der Waals surface area contributed by atoms with Crippen LogP contribution in [0.1, 0.15) is 25.5 Å². The van der Waals surface area contributed by atoms with Crippen molar-refractivity contribution in [2.24, 2.45) is 0 Å². The molecule has 1 fully saturated rings. The van der Waals surface area contributed by atoms with E-state index in [1.165, 1.54) is 19.4 Å². The number of hydrogen-bond donors (Lipinski definition) is 1. The summed E-state index contributed by atoms with van der Waals surface area (Å²) in [5, 5.41) is 3.54. The molecule has 3 nitrogen and oxygen atoms in total. The summed E-state index contributed by atoms with van der Waals surface area (Å²) in [6.45, 7) is 6.49. The SMILES string of the molecule is CCN1CCCC1CNCc1ccc(-c2ccc(Br)cc2)o1.Cl.Cl. The van der Waals surface area contributed by atoms with Gasteiger partial charge in [0.15, 0.2) is 0 Å². The Morgan fingerprint density at radius 2 is 1.92 bits per heavy atom. The lowest BCUT2D eigenvalue weighted by atomic mass is 10.2. The molecule has 0 aliphatic carbocycles. The molecule has 0 radical (unpaired) electrons. The first-order chi connectivity index (χ1) is 10.8. The van der Waals surface area contributed by atoms with Crippen LogP contribution in [0.5, 0.6) is 0 Å². The molecule has 1 N–H and O–H groups in total. The third-order valence-electron chi connectivity index (χ3n) is 4.37. The zero-order valence-corrected chi connectivity index (χ0v) is 17.1. The fourth-order valence-corrected chi connectivity index (χ4v) is 3.41. The van der Waals surface area contributed by atoms with Gasteiger partial charge in [-0.3, -0.25) is 4.90 Å². The molecule has 1 aromatic carbocycles. The number of halogens is 3. The minimum absolute atomic E-state index is 0. The topological polar surface area (TPSA) is 28.4 Å². The average Bonchev–Trinajstić information content (AvgIpc) is 3.17. The predicted molar refractivity (Wildman–Crippen MR) is 108 cm³/mol. The van der Waals surface area contributed by atoms with Gasteiger partial charge in [-0.25, -0.2) is 0 Å². The molecule has 2 aromatic rings. The Hall–Kier alpha value is -0.520. The molecule has 1 aliphatic heterocycles. The molecule has 2 heterocycles. The van der Waals surface area contributed by atoms with Crippen LogP contribution in [0, 0.1) is 0 Å². The quantitative estimate of drug-likeness (QED) is 0.681. The maximum absolute atomic E-state index is 5.94. The van der Waals surface area contributed by atoms with Crippen molar-refractivity contribution in [1.29, 1.82) is 0 Å². The molecular formula is C18H25BrCl2N2O. The largest absolute Gasteiger partial charge is 0.460 e. The summed E-state index contributed by atoms with van der Waals surface area (Å²) in [7, 11) is 0. The first-order valence-electron chi connectivity index (χ1n) is 8.05. The van der Waals surface area contributed by atoms with Crippen molar-refractivity contribution in [3.8, 4) is 11.3 Å². The van der Waals surface area contributed by atoms with Crippen LogP contribution >= 0.6 is 40.7 Å². The highest BCUT2D eigenvalue weighted by atomic mass is 79.9. The molecule has 0 amide bonds. The number of benzene rings is 1. The maximum Gasteiger partial charge on any atom is 0.134 e. The predicted octanol–water partition coefficient (Wildman–Crippen LogP) is 5.13. The van der Waals surface area contributed by atoms with E-state index in [1.807, 2.05) is 18.2 Å². The smallest absolute Gasteiger partial charge is 0.134 e. The summed E-state index contributed by atoms with van der Waals surface area (Å²) >= 11 is 3.46. The van der Waals surface area contributed by atoms with Crippen molar-refractivity contribution in [1.82, 2.24) is 10.2 Å². The summed E-state index contributed by atoms with van der Waals surface area (Å²) in [4.78, 5) is 2.56. The first kappa shape index (κ1) is 21.5. The normalized spacial score (nSPS) is 17.3. The van der Waals surface area contributed by atoms with Crippen LogP contribution < -0.4 is 5.32 Å². The zero-order chi connectivity index (χ0) is 15.4. The van der Waals surface area contributed by atoms with Gasteiger partial charge in [0, 0.05) is 22.6 Å². The number of nitrogens with one attached hydrogen (secondary N) is 1. The Morgan fingerprint density at radius 1 is 1.17 bits per heavy atom. The fraction of sp³-hybridized carbons (Fsp3) is 0.444. The first-order valence-corrected chi connectivity index (χ1v) is 8.85. The second-order valence-electron chi connectivity index (χ2n) is 5.83. The van der Waals surface area contributed by atoms with Crippen molar-refractivity contribution < 1.29 is 4.42 Å². The van der Waals surface area contributed by atoms with E-state index in [9.17, 15) is 0 Å². The molecule has 0 spiro atoms. The number of nitrogens with zero attached hydrogens (tertiary/aromatic N) is 1. The highest BCUT2D eigenvalue weighted by Crippen LogP contribution is 2.24. The molecule has 0 bridgehead atoms. The maximum atomic E-state index is 5.94. The fourth-order valence-electron chi connectivity index (χ4n) is 3.15. The number of likely N-dealkylation sites (N-methyl/N-ethyl adjacent to an activating group) is 1. The lowest BCUT2D eigenvalue weighted by molar-refractivity contribution is 0.258. The number of likely N-dealkylation sites (tertiary alicyclic amines) is 1. The van der Waals surface area contributed by atoms with Gasteiger partial charge in [-0.05, 0) is 50.2 Å². The lowest BCUT2D eigenvalue weighted by Gasteiger charge is -2.22. The van der Waals surface area contributed by atoms with E-state index in [0.717, 1.165) is 41.2 Å². The highest BCUT2D eigenvalue weighted by molar-refractivity contribution is 9.10.